The molecule has 1 amide bonds. The summed E-state index contributed by atoms with van der Waals surface area (Å²) in [6.45, 7) is 3.25. The maximum absolute atomic E-state index is 12.0. The van der Waals surface area contributed by atoms with Gasteiger partial charge in [0.05, 0.1) is 5.92 Å². The van der Waals surface area contributed by atoms with E-state index in [4.69, 9.17) is 0 Å². The Morgan fingerprint density at radius 1 is 1.17 bits per heavy atom. The topological polar surface area (TPSA) is 44.4 Å². The van der Waals surface area contributed by atoms with Crippen molar-refractivity contribution in [3.63, 3.8) is 0 Å². The summed E-state index contributed by atoms with van der Waals surface area (Å²) in [6.07, 6.45) is 6.77. The van der Waals surface area contributed by atoms with Crippen molar-refractivity contribution in [1.29, 1.82) is 0 Å². The smallest absolute Gasteiger partial charge is 0.225 e. The molecule has 1 aromatic rings. The molecule has 3 rings (SSSR count). The van der Waals surface area contributed by atoms with Gasteiger partial charge in [0.1, 0.15) is 0 Å². The molecule has 1 saturated heterocycles. The van der Waals surface area contributed by atoms with Gasteiger partial charge in [-0.25, -0.2) is 0 Å². The fraction of sp³-hybridized carbons (Fsp3) is 0.632. The van der Waals surface area contributed by atoms with E-state index in [-0.39, 0.29) is 11.8 Å². The van der Waals surface area contributed by atoms with Gasteiger partial charge in [-0.1, -0.05) is 43.5 Å². The molecule has 1 aliphatic heterocycles. The Balaban J connectivity index is 1.57. The molecule has 0 aromatic heterocycles. The Morgan fingerprint density at radius 2 is 1.87 bits per heavy atom. The van der Waals surface area contributed by atoms with Crippen molar-refractivity contribution >= 4 is 5.91 Å². The molecule has 2 aliphatic rings. The predicted molar refractivity (Wildman–Crippen MR) is 93.0 cm³/mol. The lowest BCUT2D eigenvalue weighted by molar-refractivity contribution is -0.126. The zero-order valence-electron chi connectivity index (χ0n) is 14.2. The fourth-order valence-electron chi connectivity index (χ4n) is 3.60. The first kappa shape index (κ1) is 16.5. The van der Waals surface area contributed by atoms with Crippen LogP contribution in [-0.4, -0.2) is 37.0 Å². The second-order valence-electron chi connectivity index (χ2n) is 7.05. The Bertz CT molecular complexity index is 521. The summed E-state index contributed by atoms with van der Waals surface area (Å²) in [5.74, 6) is 0.339. The lowest BCUT2D eigenvalue weighted by Gasteiger charge is -2.31. The summed E-state index contributed by atoms with van der Waals surface area (Å²) in [6, 6.07) is 9.23. The van der Waals surface area contributed by atoms with E-state index in [2.05, 4.69) is 46.8 Å². The number of hydrogen-bond acceptors (Lipinski definition) is 3. The van der Waals surface area contributed by atoms with Crippen molar-refractivity contribution in [2.24, 2.45) is 5.92 Å². The fourth-order valence-corrected chi connectivity index (χ4v) is 3.60. The third kappa shape index (κ3) is 4.33. The van der Waals surface area contributed by atoms with Crippen LogP contribution < -0.4 is 10.6 Å². The highest BCUT2D eigenvalue weighted by molar-refractivity contribution is 5.80. The molecule has 2 N–H and O–H groups in total. The lowest BCUT2D eigenvalue weighted by atomic mass is 9.94. The van der Waals surface area contributed by atoms with E-state index in [0.717, 1.165) is 19.6 Å². The zero-order valence-corrected chi connectivity index (χ0v) is 14.2. The van der Waals surface area contributed by atoms with Crippen molar-refractivity contribution < 1.29 is 4.79 Å². The first-order valence-corrected chi connectivity index (χ1v) is 8.99. The summed E-state index contributed by atoms with van der Waals surface area (Å²) in [4.78, 5) is 14.5. The third-order valence-corrected chi connectivity index (χ3v) is 5.34. The highest BCUT2D eigenvalue weighted by Crippen LogP contribution is 2.23. The van der Waals surface area contributed by atoms with Gasteiger partial charge in [0.25, 0.3) is 0 Å². The molecule has 0 bridgehead atoms. The Labute approximate surface area is 139 Å². The number of nitrogens with one attached hydrogen (secondary N) is 2. The van der Waals surface area contributed by atoms with E-state index in [1.807, 2.05) is 0 Å². The first-order valence-electron chi connectivity index (χ1n) is 8.99. The number of benzene rings is 1. The van der Waals surface area contributed by atoms with Gasteiger partial charge in [0, 0.05) is 32.2 Å². The van der Waals surface area contributed by atoms with Crippen LogP contribution in [0.2, 0.25) is 0 Å². The second kappa shape index (κ2) is 7.93. The molecule has 4 heteroatoms. The SMILES string of the molecule is CN(Cc1ccccc1CNC(=O)C1CNC1)C1CCCCC1. The van der Waals surface area contributed by atoms with Crippen molar-refractivity contribution in [3.05, 3.63) is 35.4 Å². The van der Waals surface area contributed by atoms with E-state index >= 15 is 0 Å². The minimum atomic E-state index is 0.159. The molecule has 0 radical (unpaired) electrons. The molecule has 1 aliphatic carbocycles. The zero-order chi connectivity index (χ0) is 16.1. The normalized spacial score (nSPS) is 19.6. The summed E-state index contributed by atoms with van der Waals surface area (Å²) in [5, 5.41) is 6.24. The van der Waals surface area contributed by atoms with Gasteiger partial charge in [-0.3, -0.25) is 9.69 Å². The van der Waals surface area contributed by atoms with Crippen molar-refractivity contribution in [2.45, 2.75) is 51.2 Å². The molecule has 0 spiro atoms. The molecule has 2 fully saturated rings. The Morgan fingerprint density at radius 3 is 2.52 bits per heavy atom. The van der Waals surface area contributed by atoms with E-state index < -0.39 is 0 Å². The Hall–Kier alpha value is -1.39. The largest absolute Gasteiger partial charge is 0.352 e. The molecule has 0 unspecified atom stereocenters. The first-order chi connectivity index (χ1) is 11.2. The van der Waals surface area contributed by atoms with E-state index in [1.165, 1.54) is 43.2 Å². The highest BCUT2D eigenvalue weighted by atomic mass is 16.2. The van der Waals surface area contributed by atoms with Crippen LogP contribution in [0.5, 0.6) is 0 Å². The molecular formula is C19H29N3O. The van der Waals surface area contributed by atoms with Gasteiger partial charge in [-0.05, 0) is 31.0 Å². The van der Waals surface area contributed by atoms with Crippen LogP contribution in [0.1, 0.15) is 43.2 Å². The van der Waals surface area contributed by atoms with Crippen LogP contribution in [0, 0.1) is 5.92 Å². The highest BCUT2D eigenvalue weighted by Gasteiger charge is 2.24. The minimum absolute atomic E-state index is 0.159. The van der Waals surface area contributed by atoms with Crippen LogP contribution in [0.3, 0.4) is 0 Å². The van der Waals surface area contributed by atoms with Crippen LogP contribution in [0.4, 0.5) is 0 Å². The van der Waals surface area contributed by atoms with E-state index in [0.29, 0.717) is 12.6 Å². The monoisotopic (exact) mass is 315 g/mol. The lowest BCUT2D eigenvalue weighted by Crippen LogP contribution is -2.50. The molecule has 1 heterocycles. The van der Waals surface area contributed by atoms with Gasteiger partial charge >= 0.3 is 0 Å². The summed E-state index contributed by atoms with van der Waals surface area (Å²) >= 11 is 0. The predicted octanol–water partition coefficient (Wildman–Crippen LogP) is 2.29. The molecule has 1 saturated carbocycles. The molecule has 4 nitrogen and oxygen atoms in total. The molecule has 126 valence electrons. The van der Waals surface area contributed by atoms with Gasteiger partial charge in [0.2, 0.25) is 5.91 Å². The number of amides is 1. The van der Waals surface area contributed by atoms with Crippen molar-refractivity contribution in [3.8, 4) is 0 Å². The summed E-state index contributed by atoms with van der Waals surface area (Å²) < 4.78 is 0. The van der Waals surface area contributed by atoms with Gasteiger partial charge in [-0.15, -0.1) is 0 Å². The van der Waals surface area contributed by atoms with Gasteiger partial charge in [-0.2, -0.15) is 0 Å². The number of rotatable bonds is 6. The second-order valence-corrected chi connectivity index (χ2v) is 7.05. The van der Waals surface area contributed by atoms with E-state index in [9.17, 15) is 4.79 Å². The van der Waals surface area contributed by atoms with E-state index in [1.54, 1.807) is 0 Å². The average Bonchev–Trinajstić information content (AvgIpc) is 2.53. The third-order valence-electron chi connectivity index (χ3n) is 5.34. The van der Waals surface area contributed by atoms with Crippen LogP contribution in [0.15, 0.2) is 24.3 Å². The molecular weight excluding hydrogens is 286 g/mol. The van der Waals surface area contributed by atoms with Crippen molar-refractivity contribution in [1.82, 2.24) is 15.5 Å². The standard InChI is InChI=1S/C19H29N3O/c1-22(18-9-3-2-4-10-18)14-16-8-6-5-7-15(16)13-21-19(23)17-11-20-12-17/h5-8,17-18,20H,2-4,9-14H2,1H3,(H,21,23). The Kier molecular flexibility index (Phi) is 5.68. The summed E-state index contributed by atoms with van der Waals surface area (Å²) in [5.41, 5.74) is 2.59. The van der Waals surface area contributed by atoms with Crippen LogP contribution in [-0.2, 0) is 17.9 Å². The quantitative estimate of drug-likeness (QED) is 0.846. The maximum atomic E-state index is 12.0. The maximum Gasteiger partial charge on any atom is 0.225 e. The minimum Gasteiger partial charge on any atom is -0.352 e. The number of nitrogens with zero attached hydrogens (tertiary/aromatic N) is 1. The molecule has 1 aromatic carbocycles. The van der Waals surface area contributed by atoms with Gasteiger partial charge < -0.3 is 10.6 Å². The molecule has 23 heavy (non-hydrogen) atoms. The number of hydrogen-bond donors (Lipinski definition) is 2. The number of carbonyl (C=O) groups is 1. The summed E-state index contributed by atoms with van der Waals surface area (Å²) in [7, 11) is 2.24. The average molecular weight is 315 g/mol. The van der Waals surface area contributed by atoms with Crippen LogP contribution >= 0.6 is 0 Å². The van der Waals surface area contributed by atoms with Crippen molar-refractivity contribution in [2.75, 3.05) is 20.1 Å². The number of carbonyl (C=O) groups excluding carboxylic acids is 1. The van der Waals surface area contributed by atoms with Crippen LogP contribution in [0.25, 0.3) is 0 Å². The van der Waals surface area contributed by atoms with Gasteiger partial charge in [0.15, 0.2) is 0 Å². The molecule has 0 atom stereocenters.